The normalized spacial score (nSPS) is 20.3. The summed E-state index contributed by atoms with van der Waals surface area (Å²) in [6, 6.07) is -33.8. The lowest BCUT2D eigenvalue weighted by molar-refractivity contribution is 0.671. The number of hydrogen-bond donors (Lipinski definition) is 0. The van der Waals surface area contributed by atoms with Crippen LogP contribution in [0.1, 0.15) is 43.9 Å². The van der Waals surface area contributed by atoms with E-state index in [9.17, 15) is 11.0 Å². The second-order valence-electron chi connectivity index (χ2n) is 10.8. The van der Waals surface area contributed by atoms with Crippen molar-refractivity contribution in [1.29, 1.82) is 0 Å². The average Bonchev–Trinajstić information content (AvgIpc) is 4.04. The average molecular weight is 681 g/mol. The van der Waals surface area contributed by atoms with Gasteiger partial charge in [0, 0.05) is 21.9 Å². The van der Waals surface area contributed by atoms with Crippen LogP contribution in [-0.4, -0.2) is 0 Å². The number of benzene rings is 9. The summed E-state index contributed by atoms with van der Waals surface area (Å²) in [5, 5.41) is -5.11. The van der Waals surface area contributed by atoms with Crippen molar-refractivity contribution in [3.63, 3.8) is 0 Å². The van der Waals surface area contributed by atoms with Crippen molar-refractivity contribution in [3.8, 4) is 55.6 Å². The molecule has 0 aliphatic heterocycles. The van der Waals surface area contributed by atoms with E-state index in [1.165, 1.54) is 0 Å². The fourth-order valence-corrected chi connectivity index (χ4v) is 6.01. The molecule has 0 radical (unpaired) electrons. The molecule has 238 valence electrons. The summed E-state index contributed by atoms with van der Waals surface area (Å²) in [7, 11) is 0. The predicted octanol–water partition coefficient (Wildman–Crippen LogP) is 14.2. The van der Waals surface area contributed by atoms with Crippen LogP contribution in [0.3, 0.4) is 0 Å². The van der Waals surface area contributed by atoms with Crippen molar-refractivity contribution in [1.82, 2.24) is 0 Å². The molecular formula is C50H32O. The van der Waals surface area contributed by atoms with Gasteiger partial charge in [0.15, 0.2) is 0 Å². The van der Waals surface area contributed by atoms with E-state index in [0.717, 1.165) is 0 Å². The maximum absolute atomic E-state index is 10.2. The fraction of sp³-hybridized carbons (Fsp3) is 0. The Kier molecular flexibility index (Phi) is 2.69. The summed E-state index contributed by atoms with van der Waals surface area (Å²) in [6.45, 7) is 0. The topological polar surface area (TPSA) is 13.1 Å². The molecule has 0 aliphatic rings. The molecule has 0 aliphatic carbocycles. The molecule has 0 bridgehead atoms. The van der Waals surface area contributed by atoms with E-state index in [-0.39, 0.29) is 0 Å². The Morgan fingerprint density at radius 1 is 0.294 bits per heavy atom. The van der Waals surface area contributed by atoms with E-state index >= 15 is 0 Å². The first-order valence-electron chi connectivity index (χ1n) is 30.9. The van der Waals surface area contributed by atoms with Gasteiger partial charge in [0.1, 0.15) is 11.2 Å². The van der Waals surface area contributed by atoms with Gasteiger partial charge in [-0.15, -0.1) is 0 Å². The lowest BCUT2D eigenvalue weighted by Gasteiger charge is -2.18. The first-order valence-corrected chi connectivity index (χ1v) is 14.9. The monoisotopic (exact) mass is 680 g/mol. The minimum absolute atomic E-state index is 0.789. The highest BCUT2D eigenvalue weighted by molar-refractivity contribution is 6.27. The molecule has 0 saturated heterocycles. The molecule has 0 amide bonds. The molecule has 10 rings (SSSR count). The lowest BCUT2D eigenvalue weighted by atomic mass is 9.84. The van der Waals surface area contributed by atoms with Crippen LogP contribution in [-0.2, 0) is 0 Å². The van der Waals surface area contributed by atoms with Crippen LogP contribution in [0.25, 0.3) is 99.1 Å². The Bertz CT molecular complexity index is 4550. The fourth-order valence-electron chi connectivity index (χ4n) is 6.01. The van der Waals surface area contributed by atoms with Gasteiger partial charge in [0.2, 0.25) is 0 Å². The van der Waals surface area contributed by atoms with Gasteiger partial charge in [-0.05, 0) is 84.2 Å². The number of furan rings is 1. The molecule has 0 saturated carbocycles. The van der Waals surface area contributed by atoms with Gasteiger partial charge in [-0.2, -0.15) is 0 Å². The molecular weight excluding hydrogens is 617 g/mol. The zero-order valence-electron chi connectivity index (χ0n) is 57.4. The van der Waals surface area contributed by atoms with Crippen LogP contribution >= 0.6 is 0 Å². The standard InChI is InChI=1S/C50H32O/c1-5-17-33(18-6-1)37-31-44(35-21-9-3-10-22-35)49-45(32-37)48-43(30-29-38(50(48)51-49)34-19-7-2-8-20-34)47-41-27-15-13-25-39(41)46(36-23-11-4-12-24-36)40-26-14-16-28-42(40)47/h1-32H/i1D,2D,3D,4D,5D,6D,7D,8D,9D,10D,11D,12D,13D,14D,15D,16D,17D,18D,19D,20D,21D,22D,23D,24D,25D,26D,27D,28D,29D,30D,31D,32D. The summed E-state index contributed by atoms with van der Waals surface area (Å²) in [5.41, 5.74) is -10.9. The quantitative estimate of drug-likeness (QED) is 0.165. The van der Waals surface area contributed by atoms with Crippen molar-refractivity contribution in [2.24, 2.45) is 0 Å². The molecule has 10 aromatic rings. The maximum Gasteiger partial charge on any atom is 0.143 e. The highest BCUT2D eigenvalue weighted by atomic mass is 16.3. The number of fused-ring (bicyclic) bond motifs is 5. The largest absolute Gasteiger partial charge is 0.455 e. The zero-order chi connectivity index (χ0) is 61.6. The molecule has 0 N–H and O–H groups in total. The smallest absolute Gasteiger partial charge is 0.143 e. The molecule has 1 aromatic heterocycles. The Hall–Kier alpha value is -6.70. The van der Waals surface area contributed by atoms with E-state index < -0.39 is 292 Å². The minimum Gasteiger partial charge on any atom is -0.455 e. The van der Waals surface area contributed by atoms with Crippen molar-refractivity contribution in [2.45, 2.75) is 0 Å². The molecule has 0 fully saturated rings. The Balaban J connectivity index is 1.67. The second kappa shape index (κ2) is 12.0. The first kappa shape index (κ1) is 11.4. The van der Waals surface area contributed by atoms with Crippen molar-refractivity contribution in [2.75, 3.05) is 0 Å². The van der Waals surface area contributed by atoms with Crippen LogP contribution in [0.4, 0.5) is 0 Å². The minimum atomic E-state index is -1.22. The van der Waals surface area contributed by atoms with E-state index in [4.69, 9.17) is 37.3 Å². The molecule has 0 atom stereocenters. The van der Waals surface area contributed by atoms with Crippen molar-refractivity contribution < 1.29 is 48.3 Å². The summed E-state index contributed by atoms with van der Waals surface area (Å²) in [4.78, 5) is 0. The molecule has 1 heterocycles. The van der Waals surface area contributed by atoms with Gasteiger partial charge in [0.05, 0.1) is 43.9 Å². The molecule has 1 heteroatoms. The lowest BCUT2D eigenvalue weighted by Crippen LogP contribution is -1.92. The molecule has 51 heavy (non-hydrogen) atoms. The van der Waals surface area contributed by atoms with Gasteiger partial charge >= 0.3 is 0 Å². The Morgan fingerprint density at radius 3 is 1.27 bits per heavy atom. The van der Waals surface area contributed by atoms with Crippen LogP contribution in [0.5, 0.6) is 0 Å². The van der Waals surface area contributed by atoms with E-state index in [1.807, 2.05) is 0 Å². The number of rotatable bonds is 5. The van der Waals surface area contributed by atoms with E-state index in [0.29, 0.717) is 0 Å². The molecule has 0 unspecified atom stereocenters. The van der Waals surface area contributed by atoms with Crippen molar-refractivity contribution in [3.05, 3.63) is 193 Å². The van der Waals surface area contributed by atoms with E-state index in [2.05, 4.69) is 0 Å². The van der Waals surface area contributed by atoms with Gasteiger partial charge in [-0.1, -0.05) is 175 Å². The highest BCUT2D eigenvalue weighted by Crippen LogP contribution is 2.50. The Morgan fingerprint density at radius 2 is 0.725 bits per heavy atom. The highest BCUT2D eigenvalue weighted by Gasteiger charge is 2.24. The van der Waals surface area contributed by atoms with Crippen LogP contribution in [0.2, 0.25) is 0 Å². The van der Waals surface area contributed by atoms with Gasteiger partial charge < -0.3 is 4.42 Å². The van der Waals surface area contributed by atoms with E-state index in [1.54, 1.807) is 0 Å². The third-order valence-corrected chi connectivity index (χ3v) is 8.05. The maximum atomic E-state index is 10.2. The van der Waals surface area contributed by atoms with Crippen LogP contribution in [0, 0.1) is 0 Å². The summed E-state index contributed by atoms with van der Waals surface area (Å²) in [5.74, 6) is 0. The predicted molar refractivity (Wildman–Crippen MR) is 216 cm³/mol. The van der Waals surface area contributed by atoms with Gasteiger partial charge in [-0.3, -0.25) is 0 Å². The molecule has 0 spiro atoms. The Labute approximate surface area is 341 Å². The van der Waals surface area contributed by atoms with Crippen LogP contribution < -0.4 is 0 Å². The summed E-state index contributed by atoms with van der Waals surface area (Å²) in [6.07, 6.45) is 0. The zero-order valence-corrected chi connectivity index (χ0v) is 25.4. The third-order valence-electron chi connectivity index (χ3n) is 8.05. The summed E-state index contributed by atoms with van der Waals surface area (Å²) >= 11 is 0. The molecule has 9 aromatic carbocycles. The second-order valence-corrected chi connectivity index (χ2v) is 10.8. The number of hydrogen-bond acceptors (Lipinski definition) is 1. The van der Waals surface area contributed by atoms with Crippen molar-refractivity contribution >= 4 is 43.5 Å². The van der Waals surface area contributed by atoms with Gasteiger partial charge in [-0.25, -0.2) is 0 Å². The van der Waals surface area contributed by atoms with Gasteiger partial charge in [0.25, 0.3) is 0 Å². The summed E-state index contributed by atoms with van der Waals surface area (Å²) < 4.78 is 297. The molecule has 1 nitrogen and oxygen atoms in total. The first-order chi connectivity index (χ1) is 38.6. The van der Waals surface area contributed by atoms with Crippen LogP contribution in [0.15, 0.2) is 198 Å². The SMILES string of the molecule is [2H]c1c([2H])c([2H])c(-c2c([2H])c(-c3c([2H])c([2H])c([2H])c([2H])c3[2H])c3oc4c(-c5c([2H])c([2H])c([2H])c([2H])c5[2H])c([2H])c([2H])c(-c5c6c([2H])c([2H])c([2H])c([2H])c6c(-c6c([2H])c([2H])c([2H])c([2H])c6[2H])c6c([2H])c([2H])c([2H])c([2H])c56)c4c3c2[2H])c([2H])c1[2H]. The third kappa shape index (κ3) is 4.78.